The van der Waals surface area contributed by atoms with E-state index in [1.54, 1.807) is 19.2 Å². The van der Waals surface area contributed by atoms with Gasteiger partial charge < -0.3 is 14.6 Å². The second-order valence-electron chi connectivity index (χ2n) is 6.78. The minimum absolute atomic E-state index is 0.0588. The Hall–Kier alpha value is -3.15. The molecule has 138 valence electrons. The summed E-state index contributed by atoms with van der Waals surface area (Å²) in [5.74, 6) is 2.07. The topological polar surface area (TPSA) is 77.2 Å². The van der Waals surface area contributed by atoms with Crippen LogP contribution in [-0.2, 0) is 11.2 Å². The van der Waals surface area contributed by atoms with Crippen LogP contribution in [-0.4, -0.2) is 23.2 Å². The highest BCUT2D eigenvalue weighted by atomic mass is 16.5. The summed E-state index contributed by atoms with van der Waals surface area (Å²) < 4.78 is 10.6. The van der Waals surface area contributed by atoms with Gasteiger partial charge in [0.25, 0.3) is 0 Å². The van der Waals surface area contributed by atoms with Crippen molar-refractivity contribution in [3.8, 4) is 5.75 Å². The van der Waals surface area contributed by atoms with E-state index in [1.165, 1.54) is 11.1 Å². The fourth-order valence-corrected chi connectivity index (χ4v) is 3.39. The number of carbonyl (C=O) groups is 1. The molecule has 3 aromatic rings. The zero-order valence-electron chi connectivity index (χ0n) is 15.3. The van der Waals surface area contributed by atoms with Gasteiger partial charge in [0.15, 0.2) is 5.82 Å². The summed E-state index contributed by atoms with van der Waals surface area (Å²) in [5.41, 5.74) is 3.23. The van der Waals surface area contributed by atoms with Gasteiger partial charge in [0.2, 0.25) is 11.8 Å². The van der Waals surface area contributed by atoms with Crippen molar-refractivity contribution in [2.45, 2.75) is 31.6 Å². The first-order chi connectivity index (χ1) is 13.2. The van der Waals surface area contributed by atoms with Crippen molar-refractivity contribution in [1.82, 2.24) is 10.1 Å². The highest BCUT2D eigenvalue weighted by Gasteiger charge is 2.44. The van der Waals surface area contributed by atoms with Crippen LogP contribution in [0.4, 0.5) is 5.69 Å². The molecular formula is C21H21N3O3. The zero-order valence-corrected chi connectivity index (χ0v) is 15.3. The van der Waals surface area contributed by atoms with Gasteiger partial charge in [-0.25, -0.2) is 0 Å². The van der Waals surface area contributed by atoms with E-state index in [0.29, 0.717) is 29.1 Å². The number of nitrogens with one attached hydrogen (secondary N) is 1. The molecule has 0 spiro atoms. The zero-order chi connectivity index (χ0) is 18.8. The summed E-state index contributed by atoms with van der Waals surface area (Å²) in [6.07, 6.45) is 1.06. The molecule has 0 radical (unpaired) electrons. The van der Waals surface area contributed by atoms with Crippen LogP contribution in [0.2, 0.25) is 0 Å². The summed E-state index contributed by atoms with van der Waals surface area (Å²) in [6, 6.07) is 15.6. The molecule has 4 rings (SSSR count). The highest BCUT2D eigenvalue weighted by molar-refractivity contribution is 5.93. The number of ether oxygens (including phenoxy) is 1. The van der Waals surface area contributed by atoms with Crippen LogP contribution in [0.3, 0.4) is 0 Å². The fourth-order valence-electron chi connectivity index (χ4n) is 3.39. The van der Waals surface area contributed by atoms with Crippen LogP contribution < -0.4 is 10.1 Å². The quantitative estimate of drug-likeness (QED) is 0.720. The number of hydrogen-bond donors (Lipinski definition) is 1. The fraction of sp³-hybridized carbons (Fsp3) is 0.286. The van der Waals surface area contributed by atoms with Crippen molar-refractivity contribution in [1.29, 1.82) is 0 Å². The average molecular weight is 363 g/mol. The molecule has 1 aromatic heterocycles. The third-order valence-electron chi connectivity index (χ3n) is 4.88. The molecule has 1 aliphatic carbocycles. The third-order valence-corrected chi connectivity index (χ3v) is 4.88. The van der Waals surface area contributed by atoms with E-state index in [1.807, 2.05) is 18.2 Å². The summed E-state index contributed by atoms with van der Waals surface area (Å²) in [5, 5.41) is 6.79. The smallest absolute Gasteiger partial charge is 0.232 e. The number of amides is 1. The lowest BCUT2D eigenvalue weighted by molar-refractivity contribution is -0.115. The van der Waals surface area contributed by atoms with E-state index in [2.05, 4.69) is 40.6 Å². The molecule has 1 heterocycles. The summed E-state index contributed by atoms with van der Waals surface area (Å²) in [7, 11) is 1.57. The maximum Gasteiger partial charge on any atom is 0.232 e. The lowest BCUT2D eigenvalue weighted by Gasteiger charge is -2.08. The van der Waals surface area contributed by atoms with Crippen molar-refractivity contribution >= 4 is 11.6 Å². The molecule has 0 unspecified atom stereocenters. The first-order valence-corrected chi connectivity index (χ1v) is 8.96. The lowest BCUT2D eigenvalue weighted by Crippen LogP contribution is -2.15. The predicted molar refractivity (Wildman–Crippen MR) is 101 cm³/mol. The number of anilines is 1. The number of hydrogen-bond acceptors (Lipinski definition) is 5. The maximum atomic E-state index is 12.3. The molecule has 0 bridgehead atoms. The van der Waals surface area contributed by atoms with E-state index in [4.69, 9.17) is 9.26 Å². The SMILES string of the molecule is COc1ccccc1NC(=O)Cc1noc([C@@H]2C[C@H]2c2ccccc2C)n1. The molecular weight excluding hydrogens is 342 g/mol. The molecule has 6 nitrogen and oxygen atoms in total. The van der Waals surface area contributed by atoms with Crippen molar-refractivity contribution in [3.63, 3.8) is 0 Å². The number of para-hydroxylation sites is 2. The standard InChI is InChI=1S/C21H21N3O3/c1-13-7-3-4-8-14(13)15-11-16(15)21-23-19(24-27-21)12-20(25)22-17-9-5-6-10-18(17)26-2/h3-10,15-16H,11-12H2,1-2H3,(H,22,25)/t15-,16+/m0/s1. The highest BCUT2D eigenvalue weighted by Crippen LogP contribution is 2.54. The number of rotatable bonds is 6. The second kappa shape index (κ2) is 7.23. The number of carbonyl (C=O) groups excluding carboxylic acids is 1. The first kappa shape index (κ1) is 17.3. The number of aromatic nitrogens is 2. The molecule has 27 heavy (non-hydrogen) atoms. The van der Waals surface area contributed by atoms with Gasteiger partial charge in [0, 0.05) is 5.92 Å². The van der Waals surface area contributed by atoms with Crippen LogP contribution in [0.5, 0.6) is 5.75 Å². The van der Waals surface area contributed by atoms with Crippen molar-refractivity contribution in [2.75, 3.05) is 12.4 Å². The first-order valence-electron chi connectivity index (χ1n) is 8.96. The molecule has 0 saturated heterocycles. The largest absolute Gasteiger partial charge is 0.495 e. The molecule has 1 amide bonds. The normalized spacial score (nSPS) is 18.1. The number of benzene rings is 2. The van der Waals surface area contributed by atoms with Crippen LogP contribution >= 0.6 is 0 Å². The Morgan fingerprint density at radius 2 is 1.96 bits per heavy atom. The van der Waals surface area contributed by atoms with Crippen molar-refractivity contribution < 1.29 is 14.1 Å². The maximum absolute atomic E-state index is 12.3. The van der Waals surface area contributed by atoms with Crippen LogP contribution in [0.25, 0.3) is 0 Å². The monoisotopic (exact) mass is 363 g/mol. The van der Waals surface area contributed by atoms with E-state index >= 15 is 0 Å². The summed E-state index contributed by atoms with van der Waals surface area (Å²) in [6.45, 7) is 2.12. The summed E-state index contributed by atoms with van der Waals surface area (Å²) in [4.78, 5) is 16.7. The van der Waals surface area contributed by atoms with Crippen LogP contribution in [0.1, 0.15) is 41.1 Å². The number of nitrogens with zero attached hydrogens (tertiary/aromatic N) is 2. The molecule has 6 heteroatoms. The van der Waals surface area contributed by atoms with Gasteiger partial charge in [-0.3, -0.25) is 4.79 Å². The molecule has 2 atom stereocenters. The number of aryl methyl sites for hydroxylation is 1. The summed E-state index contributed by atoms with van der Waals surface area (Å²) >= 11 is 0. The molecule has 1 aliphatic rings. The minimum atomic E-state index is -0.210. The van der Waals surface area contributed by atoms with E-state index in [-0.39, 0.29) is 18.2 Å². The minimum Gasteiger partial charge on any atom is -0.495 e. The average Bonchev–Trinajstić information content (AvgIpc) is 3.33. The van der Waals surface area contributed by atoms with Crippen LogP contribution in [0, 0.1) is 6.92 Å². The molecule has 0 aliphatic heterocycles. The van der Waals surface area contributed by atoms with E-state index < -0.39 is 0 Å². The lowest BCUT2D eigenvalue weighted by atomic mass is 10.0. The van der Waals surface area contributed by atoms with E-state index in [9.17, 15) is 4.79 Å². The molecule has 1 fully saturated rings. The van der Waals surface area contributed by atoms with Crippen molar-refractivity contribution in [3.05, 3.63) is 71.4 Å². The van der Waals surface area contributed by atoms with Gasteiger partial charge in [0.1, 0.15) is 5.75 Å². The van der Waals surface area contributed by atoms with Gasteiger partial charge in [-0.2, -0.15) is 4.98 Å². The number of methoxy groups -OCH3 is 1. The van der Waals surface area contributed by atoms with Crippen molar-refractivity contribution in [2.24, 2.45) is 0 Å². The van der Waals surface area contributed by atoms with Gasteiger partial charge in [0.05, 0.1) is 19.2 Å². The Kier molecular flexibility index (Phi) is 4.62. The Labute approximate surface area is 157 Å². The Balaban J connectivity index is 1.39. The van der Waals surface area contributed by atoms with Gasteiger partial charge in [-0.05, 0) is 42.5 Å². The second-order valence-corrected chi connectivity index (χ2v) is 6.78. The molecule has 2 aromatic carbocycles. The van der Waals surface area contributed by atoms with Gasteiger partial charge >= 0.3 is 0 Å². The third kappa shape index (κ3) is 3.69. The Bertz CT molecular complexity index is 967. The van der Waals surface area contributed by atoms with Gasteiger partial charge in [-0.1, -0.05) is 41.6 Å². The van der Waals surface area contributed by atoms with E-state index in [0.717, 1.165) is 6.42 Å². The molecule has 1 saturated carbocycles. The molecule has 1 N–H and O–H groups in total. The predicted octanol–water partition coefficient (Wildman–Crippen LogP) is 3.84. The Morgan fingerprint density at radius 3 is 2.78 bits per heavy atom. The van der Waals surface area contributed by atoms with Gasteiger partial charge in [-0.15, -0.1) is 0 Å². The van der Waals surface area contributed by atoms with Crippen LogP contribution in [0.15, 0.2) is 53.1 Å². The Morgan fingerprint density at radius 1 is 1.19 bits per heavy atom.